The number of hydrogen-bond donors (Lipinski definition) is 1. The van der Waals surface area contributed by atoms with Gasteiger partial charge in [0.25, 0.3) is 0 Å². The van der Waals surface area contributed by atoms with Crippen LogP contribution in [0.4, 0.5) is 5.13 Å². The van der Waals surface area contributed by atoms with Crippen molar-refractivity contribution in [2.75, 3.05) is 18.0 Å². The second kappa shape index (κ2) is 6.83. The van der Waals surface area contributed by atoms with Crippen LogP contribution in [-0.4, -0.2) is 29.9 Å². The first-order chi connectivity index (χ1) is 9.56. The fourth-order valence-electron chi connectivity index (χ4n) is 2.08. The average Bonchev–Trinajstić information content (AvgIpc) is 2.97. The summed E-state index contributed by atoms with van der Waals surface area (Å²) in [5, 5.41) is 5.48. The summed E-state index contributed by atoms with van der Waals surface area (Å²) in [6.07, 6.45) is 2.76. The van der Waals surface area contributed by atoms with E-state index in [0.29, 0.717) is 18.9 Å². The monoisotopic (exact) mass is 295 g/mol. The number of thiazole rings is 1. The highest BCUT2D eigenvalue weighted by Crippen LogP contribution is 2.25. The molecule has 2 heterocycles. The Hall–Kier alpha value is -1.43. The van der Waals surface area contributed by atoms with Gasteiger partial charge in [0.15, 0.2) is 5.13 Å². The lowest BCUT2D eigenvalue weighted by Gasteiger charge is -2.10. The zero-order valence-corrected chi connectivity index (χ0v) is 12.8. The van der Waals surface area contributed by atoms with Gasteiger partial charge in [-0.2, -0.15) is 0 Å². The summed E-state index contributed by atoms with van der Waals surface area (Å²) in [5.74, 6) is 0.713. The molecule has 1 N–H and O–H groups in total. The van der Waals surface area contributed by atoms with Crippen LogP contribution in [0.3, 0.4) is 0 Å². The first-order valence-corrected chi connectivity index (χ1v) is 7.95. The Morgan fingerprint density at radius 1 is 1.55 bits per heavy atom. The van der Waals surface area contributed by atoms with Gasteiger partial charge in [-0.15, -0.1) is 11.3 Å². The van der Waals surface area contributed by atoms with Gasteiger partial charge in [0.1, 0.15) is 0 Å². The molecule has 2 rings (SSSR count). The average molecular weight is 295 g/mol. The highest BCUT2D eigenvalue weighted by atomic mass is 32.1. The van der Waals surface area contributed by atoms with Crippen LogP contribution in [0.1, 0.15) is 38.8 Å². The number of nitrogens with zero attached hydrogens (tertiary/aromatic N) is 2. The Morgan fingerprint density at radius 2 is 2.35 bits per heavy atom. The quantitative estimate of drug-likeness (QED) is 0.873. The lowest BCUT2D eigenvalue weighted by Crippen LogP contribution is -2.27. The molecule has 0 atom stereocenters. The predicted octanol–water partition coefficient (Wildman–Crippen LogP) is 1.97. The number of anilines is 1. The molecule has 0 aliphatic carbocycles. The molecule has 1 fully saturated rings. The van der Waals surface area contributed by atoms with Crippen LogP contribution in [0.15, 0.2) is 5.38 Å². The molecule has 20 heavy (non-hydrogen) atoms. The maximum absolute atomic E-state index is 11.8. The summed E-state index contributed by atoms with van der Waals surface area (Å²) in [5.41, 5.74) is 0.742. The minimum atomic E-state index is -0.00440. The SMILES string of the molecule is CC(C)CCNC(=O)Cc1csc(N2CCCC2=O)n1. The third kappa shape index (κ3) is 4.03. The van der Waals surface area contributed by atoms with Crippen molar-refractivity contribution >= 4 is 28.3 Å². The Labute approximate surface area is 123 Å². The fraction of sp³-hybridized carbons (Fsp3) is 0.643. The molecule has 1 aliphatic heterocycles. The molecule has 0 bridgehead atoms. The van der Waals surface area contributed by atoms with E-state index in [-0.39, 0.29) is 18.2 Å². The number of rotatable bonds is 6. The number of amides is 2. The third-order valence-electron chi connectivity index (χ3n) is 3.23. The van der Waals surface area contributed by atoms with E-state index in [0.717, 1.165) is 30.2 Å². The smallest absolute Gasteiger partial charge is 0.228 e. The van der Waals surface area contributed by atoms with Gasteiger partial charge in [0.2, 0.25) is 11.8 Å². The van der Waals surface area contributed by atoms with E-state index in [1.165, 1.54) is 11.3 Å². The molecule has 5 nitrogen and oxygen atoms in total. The molecule has 6 heteroatoms. The van der Waals surface area contributed by atoms with Gasteiger partial charge in [-0.25, -0.2) is 4.98 Å². The Morgan fingerprint density at radius 3 is 3.00 bits per heavy atom. The van der Waals surface area contributed by atoms with Gasteiger partial charge < -0.3 is 5.32 Å². The first kappa shape index (κ1) is 15.0. The molecule has 0 spiro atoms. The predicted molar refractivity (Wildman–Crippen MR) is 79.9 cm³/mol. The molecule has 1 aliphatic rings. The Balaban J connectivity index is 1.83. The number of carbonyl (C=O) groups excluding carboxylic acids is 2. The summed E-state index contributed by atoms with van der Waals surface area (Å²) in [7, 11) is 0. The molecule has 0 radical (unpaired) electrons. The lowest BCUT2D eigenvalue weighted by molar-refractivity contribution is -0.120. The molecule has 1 aromatic heterocycles. The van der Waals surface area contributed by atoms with Crippen molar-refractivity contribution < 1.29 is 9.59 Å². The summed E-state index contributed by atoms with van der Waals surface area (Å²) in [6.45, 7) is 5.71. The van der Waals surface area contributed by atoms with Gasteiger partial charge in [0.05, 0.1) is 12.1 Å². The summed E-state index contributed by atoms with van der Waals surface area (Å²) < 4.78 is 0. The summed E-state index contributed by atoms with van der Waals surface area (Å²) >= 11 is 1.44. The van der Waals surface area contributed by atoms with E-state index >= 15 is 0 Å². The Kier molecular flexibility index (Phi) is 5.11. The van der Waals surface area contributed by atoms with E-state index in [9.17, 15) is 9.59 Å². The topological polar surface area (TPSA) is 62.3 Å². The molecule has 0 unspecified atom stereocenters. The van der Waals surface area contributed by atoms with Crippen LogP contribution in [0.25, 0.3) is 0 Å². The zero-order valence-electron chi connectivity index (χ0n) is 12.0. The molecule has 1 saturated heterocycles. The minimum Gasteiger partial charge on any atom is -0.356 e. The molecule has 1 aromatic rings. The summed E-state index contributed by atoms with van der Waals surface area (Å²) in [4.78, 5) is 29.5. The van der Waals surface area contributed by atoms with Gasteiger partial charge in [-0.1, -0.05) is 13.8 Å². The van der Waals surface area contributed by atoms with Crippen molar-refractivity contribution in [3.05, 3.63) is 11.1 Å². The number of carbonyl (C=O) groups is 2. The van der Waals surface area contributed by atoms with Crippen LogP contribution in [0.5, 0.6) is 0 Å². The molecular formula is C14H21N3O2S. The van der Waals surface area contributed by atoms with E-state index in [2.05, 4.69) is 24.1 Å². The van der Waals surface area contributed by atoms with E-state index in [4.69, 9.17) is 0 Å². The molecule has 2 amide bonds. The number of nitrogens with one attached hydrogen (secondary N) is 1. The zero-order chi connectivity index (χ0) is 14.5. The van der Waals surface area contributed by atoms with Crippen LogP contribution in [0.2, 0.25) is 0 Å². The molecule has 0 saturated carbocycles. The summed E-state index contributed by atoms with van der Waals surface area (Å²) in [6, 6.07) is 0. The normalized spacial score (nSPS) is 15.2. The molecule has 0 aromatic carbocycles. The van der Waals surface area contributed by atoms with Crippen molar-refractivity contribution in [1.29, 1.82) is 0 Å². The number of aromatic nitrogens is 1. The van der Waals surface area contributed by atoms with Crippen LogP contribution in [-0.2, 0) is 16.0 Å². The van der Waals surface area contributed by atoms with Crippen LogP contribution < -0.4 is 10.2 Å². The van der Waals surface area contributed by atoms with Crippen molar-refractivity contribution in [2.24, 2.45) is 5.92 Å². The highest BCUT2D eigenvalue weighted by molar-refractivity contribution is 7.14. The van der Waals surface area contributed by atoms with Gasteiger partial charge in [-0.05, 0) is 18.8 Å². The number of hydrogen-bond acceptors (Lipinski definition) is 4. The van der Waals surface area contributed by atoms with Gasteiger partial charge in [0, 0.05) is 24.9 Å². The molecule has 110 valence electrons. The highest BCUT2D eigenvalue weighted by Gasteiger charge is 2.24. The first-order valence-electron chi connectivity index (χ1n) is 7.07. The Bertz CT molecular complexity index is 485. The van der Waals surface area contributed by atoms with Crippen LogP contribution >= 0.6 is 11.3 Å². The third-order valence-corrected chi connectivity index (χ3v) is 4.14. The van der Waals surface area contributed by atoms with Gasteiger partial charge in [-0.3, -0.25) is 14.5 Å². The second-order valence-electron chi connectivity index (χ2n) is 5.48. The maximum atomic E-state index is 11.8. The van der Waals surface area contributed by atoms with Crippen molar-refractivity contribution in [3.8, 4) is 0 Å². The largest absolute Gasteiger partial charge is 0.356 e. The fourth-order valence-corrected chi connectivity index (χ4v) is 2.95. The van der Waals surface area contributed by atoms with Crippen molar-refractivity contribution in [3.63, 3.8) is 0 Å². The lowest BCUT2D eigenvalue weighted by atomic mass is 10.1. The van der Waals surface area contributed by atoms with E-state index < -0.39 is 0 Å². The second-order valence-corrected chi connectivity index (χ2v) is 6.32. The van der Waals surface area contributed by atoms with Gasteiger partial charge >= 0.3 is 0 Å². The minimum absolute atomic E-state index is 0.00440. The maximum Gasteiger partial charge on any atom is 0.228 e. The van der Waals surface area contributed by atoms with E-state index in [1.807, 2.05) is 5.38 Å². The standard InChI is InChI=1S/C14H21N3O2S/c1-10(2)5-6-15-12(18)8-11-9-20-14(16-11)17-7-3-4-13(17)19/h9-10H,3-8H2,1-2H3,(H,15,18). The molecular weight excluding hydrogens is 274 g/mol. The van der Waals surface area contributed by atoms with Crippen LogP contribution in [0, 0.1) is 5.92 Å². The van der Waals surface area contributed by atoms with Crippen molar-refractivity contribution in [2.45, 2.75) is 39.5 Å². The van der Waals surface area contributed by atoms with E-state index in [1.54, 1.807) is 4.90 Å². The van der Waals surface area contributed by atoms with Crippen molar-refractivity contribution in [1.82, 2.24) is 10.3 Å².